The maximum Gasteiger partial charge on any atom is 0.319 e. The SMILES string of the molecule is CCN(CC)C(CNC(=O)Nc1cccc2c1CCN(S(C)(=O)=O)C2)c1ccccc1. The Bertz CT molecular complexity index is 991. The molecule has 0 aromatic heterocycles. The second-order valence-electron chi connectivity index (χ2n) is 7.77. The van der Waals surface area contributed by atoms with Crippen LogP contribution in [0.3, 0.4) is 0 Å². The smallest absolute Gasteiger partial charge is 0.319 e. The number of rotatable bonds is 8. The van der Waals surface area contributed by atoms with Crippen LogP contribution in [0.15, 0.2) is 48.5 Å². The van der Waals surface area contributed by atoms with Gasteiger partial charge in [0, 0.05) is 25.3 Å². The third-order valence-electron chi connectivity index (χ3n) is 5.84. The Morgan fingerprint density at radius 3 is 2.45 bits per heavy atom. The van der Waals surface area contributed by atoms with Crippen molar-refractivity contribution in [2.24, 2.45) is 0 Å². The molecule has 2 aromatic rings. The van der Waals surface area contributed by atoms with Crippen LogP contribution >= 0.6 is 0 Å². The number of benzene rings is 2. The number of carbonyl (C=O) groups is 1. The van der Waals surface area contributed by atoms with E-state index in [9.17, 15) is 13.2 Å². The second-order valence-corrected chi connectivity index (χ2v) is 9.75. The van der Waals surface area contributed by atoms with Crippen molar-refractivity contribution in [3.05, 3.63) is 65.2 Å². The zero-order valence-corrected chi connectivity index (χ0v) is 19.3. The Balaban J connectivity index is 1.68. The van der Waals surface area contributed by atoms with Gasteiger partial charge in [0.15, 0.2) is 0 Å². The molecule has 1 atom stereocenters. The van der Waals surface area contributed by atoms with Crippen molar-refractivity contribution in [2.75, 3.05) is 37.8 Å². The number of amides is 2. The Morgan fingerprint density at radius 1 is 1.10 bits per heavy atom. The molecule has 2 N–H and O–H groups in total. The molecule has 0 fully saturated rings. The topological polar surface area (TPSA) is 81.8 Å². The van der Waals surface area contributed by atoms with Crippen molar-refractivity contribution in [1.82, 2.24) is 14.5 Å². The minimum atomic E-state index is -3.23. The summed E-state index contributed by atoms with van der Waals surface area (Å²) in [6.45, 7) is 7.28. The van der Waals surface area contributed by atoms with E-state index in [2.05, 4.69) is 41.5 Å². The summed E-state index contributed by atoms with van der Waals surface area (Å²) in [6, 6.07) is 15.7. The van der Waals surface area contributed by atoms with Crippen LogP contribution in [0.5, 0.6) is 0 Å². The number of hydrogen-bond acceptors (Lipinski definition) is 4. The summed E-state index contributed by atoms with van der Waals surface area (Å²) in [4.78, 5) is 15.0. The van der Waals surface area contributed by atoms with Crippen LogP contribution in [0, 0.1) is 0 Å². The summed E-state index contributed by atoms with van der Waals surface area (Å²) in [7, 11) is -3.23. The molecule has 168 valence electrons. The molecule has 0 saturated heterocycles. The molecule has 31 heavy (non-hydrogen) atoms. The molecular weight excluding hydrogens is 412 g/mol. The molecule has 7 nitrogen and oxygen atoms in total. The number of anilines is 1. The van der Waals surface area contributed by atoms with E-state index in [4.69, 9.17) is 0 Å². The van der Waals surface area contributed by atoms with Crippen molar-refractivity contribution in [3.8, 4) is 0 Å². The molecule has 0 saturated carbocycles. The van der Waals surface area contributed by atoms with Crippen LogP contribution in [-0.4, -0.2) is 56.1 Å². The second kappa shape index (κ2) is 10.3. The first-order valence-electron chi connectivity index (χ1n) is 10.7. The first-order chi connectivity index (χ1) is 14.8. The lowest BCUT2D eigenvalue weighted by molar-refractivity contribution is 0.210. The molecule has 0 aliphatic carbocycles. The zero-order valence-electron chi connectivity index (χ0n) is 18.5. The first-order valence-corrected chi connectivity index (χ1v) is 12.6. The summed E-state index contributed by atoms with van der Waals surface area (Å²) < 4.78 is 25.2. The third-order valence-corrected chi connectivity index (χ3v) is 7.09. The van der Waals surface area contributed by atoms with Gasteiger partial charge in [-0.3, -0.25) is 4.90 Å². The van der Waals surface area contributed by atoms with Crippen molar-refractivity contribution < 1.29 is 13.2 Å². The van der Waals surface area contributed by atoms with Crippen LogP contribution in [-0.2, 0) is 23.0 Å². The van der Waals surface area contributed by atoms with E-state index >= 15 is 0 Å². The van der Waals surface area contributed by atoms with Gasteiger partial charge in [-0.05, 0) is 42.3 Å². The number of fused-ring (bicyclic) bond motifs is 1. The zero-order chi connectivity index (χ0) is 22.4. The lowest BCUT2D eigenvalue weighted by atomic mass is 9.99. The van der Waals surface area contributed by atoms with Crippen LogP contribution < -0.4 is 10.6 Å². The van der Waals surface area contributed by atoms with Crippen molar-refractivity contribution in [2.45, 2.75) is 32.9 Å². The van der Waals surface area contributed by atoms with Crippen molar-refractivity contribution in [3.63, 3.8) is 0 Å². The van der Waals surface area contributed by atoms with Gasteiger partial charge >= 0.3 is 6.03 Å². The quantitative estimate of drug-likeness (QED) is 0.655. The maximum atomic E-state index is 12.7. The van der Waals surface area contributed by atoms with E-state index in [-0.39, 0.29) is 12.1 Å². The van der Waals surface area contributed by atoms with E-state index in [1.54, 1.807) is 0 Å². The van der Waals surface area contributed by atoms with E-state index in [0.717, 1.165) is 29.9 Å². The number of nitrogens with zero attached hydrogens (tertiary/aromatic N) is 2. The Kier molecular flexibility index (Phi) is 7.69. The van der Waals surface area contributed by atoms with E-state index in [0.29, 0.717) is 26.1 Å². The Morgan fingerprint density at radius 2 is 1.81 bits per heavy atom. The van der Waals surface area contributed by atoms with Gasteiger partial charge in [-0.2, -0.15) is 4.31 Å². The number of sulfonamides is 1. The van der Waals surface area contributed by atoms with Crippen molar-refractivity contribution in [1.29, 1.82) is 0 Å². The molecule has 0 spiro atoms. The molecular formula is C23H32N4O3S. The minimum Gasteiger partial charge on any atom is -0.336 e. The van der Waals surface area contributed by atoms with Crippen LogP contribution in [0.2, 0.25) is 0 Å². The number of hydrogen-bond donors (Lipinski definition) is 2. The third kappa shape index (κ3) is 5.84. The highest BCUT2D eigenvalue weighted by atomic mass is 32.2. The molecule has 2 aromatic carbocycles. The number of urea groups is 1. The van der Waals surface area contributed by atoms with E-state index in [1.807, 2.05) is 36.4 Å². The summed E-state index contributed by atoms with van der Waals surface area (Å²) in [5.41, 5.74) is 3.84. The van der Waals surface area contributed by atoms with Crippen LogP contribution in [0.1, 0.15) is 36.6 Å². The predicted molar refractivity (Wildman–Crippen MR) is 125 cm³/mol. The van der Waals surface area contributed by atoms with Gasteiger partial charge in [-0.1, -0.05) is 56.3 Å². The monoisotopic (exact) mass is 444 g/mol. The number of nitrogens with one attached hydrogen (secondary N) is 2. The lowest BCUT2D eigenvalue weighted by Crippen LogP contribution is -2.40. The lowest BCUT2D eigenvalue weighted by Gasteiger charge is -2.30. The van der Waals surface area contributed by atoms with Gasteiger partial charge in [-0.25, -0.2) is 13.2 Å². The van der Waals surface area contributed by atoms with Gasteiger partial charge in [0.1, 0.15) is 0 Å². The highest BCUT2D eigenvalue weighted by Crippen LogP contribution is 2.27. The van der Waals surface area contributed by atoms with E-state index < -0.39 is 10.0 Å². The van der Waals surface area contributed by atoms with Crippen LogP contribution in [0.25, 0.3) is 0 Å². The molecule has 1 unspecified atom stereocenters. The fourth-order valence-electron chi connectivity index (χ4n) is 4.14. The van der Waals surface area contributed by atoms with Crippen molar-refractivity contribution >= 4 is 21.7 Å². The first kappa shape index (κ1) is 23.2. The fourth-order valence-corrected chi connectivity index (χ4v) is 4.93. The molecule has 0 radical (unpaired) electrons. The van der Waals surface area contributed by atoms with Crippen LogP contribution in [0.4, 0.5) is 10.5 Å². The maximum absolute atomic E-state index is 12.7. The van der Waals surface area contributed by atoms with Gasteiger partial charge in [0.2, 0.25) is 10.0 Å². The molecule has 2 amide bonds. The standard InChI is InChI=1S/C23H32N4O3S/c1-4-26(5-2)22(18-10-7-6-8-11-18)16-24-23(28)25-21-13-9-12-19-17-27(31(3,29)30)15-14-20(19)21/h6-13,22H,4-5,14-17H2,1-3H3,(H2,24,25,28). The summed E-state index contributed by atoms with van der Waals surface area (Å²) in [6.07, 6.45) is 1.80. The molecule has 1 heterocycles. The predicted octanol–water partition coefficient (Wildman–Crippen LogP) is 3.21. The summed E-state index contributed by atoms with van der Waals surface area (Å²) in [5, 5.41) is 5.99. The normalized spacial score (nSPS) is 15.4. The largest absolute Gasteiger partial charge is 0.336 e. The summed E-state index contributed by atoms with van der Waals surface area (Å²) >= 11 is 0. The molecule has 1 aliphatic rings. The van der Waals surface area contributed by atoms with Gasteiger partial charge in [0.05, 0.1) is 12.3 Å². The highest BCUT2D eigenvalue weighted by molar-refractivity contribution is 7.88. The summed E-state index contributed by atoms with van der Waals surface area (Å²) in [5.74, 6) is 0. The Hall–Kier alpha value is -2.42. The van der Waals surface area contributed by atoms with Gasteiger partial charge in [-0.15, -0.1) is 0 Å². The molecule has 0 bridgehead atoms. The fraction of sp³-hybridized carbons (Fsp3) is 0.435. The van der Waals surface area contributed by atoms with E-state index in [1.165, 1.54) is 16.1 Å². The number of carbonyl (C=O) groups excluding carboxylic acids is 1. The van der Waals surface area contributed by atoms with Gasteiger partial charge in [0.25, 0.3) is 0 Å². The Labute approximate surface area is 185 Å². The van der Waals surface area contributed by atoms with Gasteiger partial charge < -0.3 is 10.6 Å². The average molecular weight is 445 g/mol. The minimum absolute atomic E-state index is 0.0926. The number of likely N-dealkylation sites (N-methyl/N-ethyl adjacent to an activating group) is 1. The average Bonchev–Trinajstić information content (AvgIpc) is 2.76. The molecule has 3 rings (SSSR count). The highest BCUT2D eigenvalue weighted by Gasteiger charge is 2.25. The molecule has 1 aliphatic heterocycles. The molecule has 8 heteroatoms.